The number of carbonyl (C=O) groups excluding carboxylic acids is 1. The highest BCUT2D eigenvalue weighted by molar-refractivity contribution is 5.98. The van der Waals surface area contributed by atoms with Crippen molar-refractivity contribution in [2.24, 2.45) is 5.73 Å². The predicted octanol–water partition coefficient (Wildman–Crippen LogP) is 0.779. The Morgan fingerprint density at radius 3 is 2.50 bits per heavy atom. The highest BCUT2D eigenvalue weighted by atomic mass is 16.1. The summed E-state index contributed by atoms with van der Waals surface area (Å²) in [7, 11) is 0. The van der Waals surface area contributed by atoms with Crippen molar-refractivity contribution < 1.29 is 4.79 Å². The largest absolute Gasteiger partial charge is 0.317 e. The van der Waals surface area contributed by atoms with Crippen LogP contribution >= 0.6 is 0 Å². The zero-order chi connectivity index (χ0) is 8.97. The lowest BCUT2D eigenvalue weighted by molar-refractivity contribution is -0.115. The number of nitrogens with zero attached hydrogens (tertiary/aromatic N) is 1. The van der Waals surface area contributed by atoms with E-state index in [1.54, 1.807) is 24.3 Å². The molecule has 0 unspecified atom stereocenters. The SMILES string of the molecule is N#CC(=O)[C@H](N)c1ccccc1. The fourth-order valence-electron chi connectivity index (χ4n) is 0.881. The Morgan fingerprint density at radius 1 is 1.42 bits per heavy atom. The van der Waals surface area contributed by atoms with Crippen LogP contribution in [0.25, 0.3) is 0 Å². The van der Waals surface area contributed by atoms with Crippen molar-refractivity contribution >= 4 is 5.78 Å². The van der Waals surface area contributed by atoms with E-state index in [1.807, 2.05) is 6.07 Å². The highest BCUT2D eigenvalue weighted by Gasteiger charge is 2.13. The second kappa shape index (κ2) is 3.65. The van der Waals surface area contributed by atoms with Gasteiger partial charge in [0.05, 0.1) is 0 Å². The highest BCUT2D eigenvalue weighted by Crippen LogP contribution is 2.09. The van der Waals surface area contributed by atoms with Crippen LogP contribution in [0.1, 0.15) is 11.6 Å². The molecule has 12 heavy (non-hydrogen) atoms. The maximum Gasteiger partial charge on any atom is 0.253 e. The molecule has 0 aliphatic carbocycles. The van der Waals surface area contributed by atoms with E-state index in [2.05, 4.69) is 0 Å². The molecule has 3 nitrogen and oxygen atoms in total. The Kier molecular flexibility index (Phi) is 2.57. The van der Waals surface area contributed by atoms with Gasteiger partial charge in [0.15, 0.2) is 0 Å². The van der Waals surface area contributed by atoms with Gasteiger partial charge in [-0.05, 0) is 5.56 Å². The first kappa shape index (κ1) is 8.44. The number of rotatable bonds is 2. The zero-order valence-corrected chi connectivity index (χ0v) is 6.40. The summed E-state index contributed by atoms with van der Waals surface area (Å²) in [6, 6.07) is 9.52. The van der Waals surface area contributed by atoms with Gasteiger partial charge in [0.25, 0.3) is 5.78 Å². The fraction of sp³-hybridized carbons (Fsp3) is 0.111. The number of nitrogens with two attached hydrogens (primary N) is 1. The summed E-state index contributed by atoms with van der Waals surface area (Å²) in [6.07, 6.45) is 0. The summed E-state index contributed by atoms with van der Waals surface area (Å²) in [5, 5.41) is 8.29. The normalized spacial score (nSPS) is 11.7. The number of carbonyl (C=O) groups is 1. The summed E-state index contributed by atoms with van der Waals surface area (Å²) >= 11 is 0. The molecule has 0 aliphatic rings. The molecular formula is C9H8N2O. The van der Waals surface area contributed by atoms with Crippen LogP contribution in [-0.4, -0.2) is 5.78 Å². The van der Waals surface area contributed by atoms with Crippen LogP contribution < -0.4 is 5.73 Å². The third-order valence-corrected chi connectivity index (χ3v) is 1.55. The monoisotopic (exact) mass is 160 g/mol. The molecular weight excluding hydrogens is 152 g/mol. The topological polar surface area (TPSA) is 66.9 Å². The minimum Gasteiger partial charge on any atom is -0.317 e. The fourth-order valence-corrected chi connectivity index (χ4v) is 0.881. The van der Waals surface area contributed by atoms with Crippen molar-refractivity contribution in [3.8, 4) is 6.07 Å². The molecule has 0 saturated carbocycles. The smallest absolute Gasteiger partial charge is 0.253 e. The molecule has 2 N–H and O–H groups in total. The third-order valence-electron chi connectivity index (χ3n) is 1.55. The molecule has 0 radical (unpaired) electrons. The molecule has 0 amide bonds. The Bertz CT molecular complexity index is 313. The lowest BCUT2D eigenvalue weighted by Crippen LogP contribution is -2.19. The third kappa shape index (κ3) is 1.68. The Labute approximate surface area is 70.4 Å². The molecule has 0 heterocycles. The van der Waals surface area contributed by atoms with Gasteiger partial charge in [0.1, 0.15) is 12.1 Å². The van der Waals surface area contributed by atoms with Crippen LogP contribution in [-0.2, 0) is 4.79 Å². The molecule has 1 atom stereocenters. The number of hydrogen-bond donors (Lipinski definition) is 1. The molecule has 0 saturated heterocycles. The second-order valence-electron chi connectivity index (χ2n) is 2.36. The minimum absolute atomic E-state index is 0.610. The van der Waals surface area contributed by atoms with Gasteiger partial charge in [-0.3, -0.25) is 4.79 Å². The molecule has 1 aromatic carbocycles. The van der Waals surface area contributed by atoms with Gasteiger partial charge in [0, 0.05) is 0 Å². The number of hydrogen-bond acceptors (Lipinski definition) is 3. The molecule has 0 aliphatic heterocycles. The quantitative estimate of drug-likeness (QED) is 0.650. The van der Waals surface area contributed by atoms with E-state index in [9.17, 15) is 4.79 Å². The van der Waals surface area contributed by atoms with E-state index in [4.69, 9.17) is 11.0 Å². The van der Waals surface area contributed by atoms with E-state index < -0.39 is 11.8 Å². The van der Waals surface area contributed by atoms with Crippen molar-refractivity contribution in [3.05, 3.63) is 35.9 Å². The summed E-state index contributed by atoms with van der Waals surface area (Å²) in [5.41, 5.74) is 6.15. The van der Waals surface area contributed by atoms with Crippen LogP contribution in [0.4, 0.5) is 0 Å². The molecule has 0 fully saturated rings. The molecule has 0 aromatic heterocycles. The summed E-state index contributed by atoms with van der Waals surface area (Å²) in [4.78, 5) is 10.8. The summed E-state index contributed by atoms with van der Waals surface area (Å²) in [6.45, 7) is 0. The molecule has 60 valence electrons. The van der Waals surface area contributed by atoms with Crippen LogP contribution in [0.15, 0.2) is 30.3 Å². The maximum absolute atomic E-state index is 10.8. The van der Waals surface area contributed by atoms with Gasteiger partial charge in [-0.15, -0.1) is 0 Å². The first-order valence-electron chi connectivity index (χ1n) is 3.50. The van der Waals surface area contributed by atoms with Crippen LogP contribution in [0.5, 0.6) is 0 Å². The average molecular weight is 160 g/mol. The molecule has 0 bridgehead atoms. The molecule has 1 aromatic rings. The van der Waals surface area contributed by atoms with E-state index in [0.29, 0.717) is 5.56 Å². The maximum atomic E-state index is 10.8. The van der Waals surface area contributed by atoms with Crippen molar-refractivity contribution in [2.45, 2.75) is 6.04 Å². The van der Waals surface area contributed by atoms with Crippen LogP contribution in [0.3, 0.4) is 0 Å². The van der Waals surface area contributed by atoms with E-state index in [-0.39, 0.29) is 0 Å². The number of ketones is 1. The Morgan fingerprint density at radius 2 is 2.00 bits per heavy atom. The van der Waals surface area contributed by atoms with Gasteiger partial charge in [-0.2, -0.15) is 5.26 Å². The molecule has 3 heteroatoms. The van der Waals surface area contributed by atoms with Crippen LogP contribution in [0, 0.1) is 11.3 Å². The average Bonchev–Trinajstić information content (AvgIpc) is 2.17. The summed E-state index contributed by atoms with van der Waals surface area (Å²) < 4.78 is 0. The first-order chi connectivity index (χ1) is 5.75. The summed E-state index contributed by atoms with van der Waals surface area (Å²) in [5.74, 6) is -0.610. The standard InChI is InChI=1S/C9H8N2O/c10-6-8(12)9(11)7-4-2-1-3-5-7/h1-5,9H,11H2/t9-/m1/s1. The Hall–Kier alpha value is -1.66. The van der Waals surface area contributed by atoms with Gasteiger partial charge in [-0.1, -0.05) is 30.3 Å². The van der Waals surface area contributed by atoms with E-state index in [1.165, 1.54) is 6.07 Å². The van der Waals surface area contributed by atoms with E-state index in [0.717, 1.165) is 0 Å². The van der Waals surface area contributed by atoms with Crippen LogP contribution in [0.2, 0.25) is 0 Å². The number of nitriles is 1. The van der Waals surface area contributed by atoms with Crippen molar-refractivity contribution in [3.63, 3.8) is 0 Å². The van der Waals surface area contributed by atoms with Gasteiger partial charge >= 0.3 is 0 Å². The van der Waals surface area contributed by atoms with Crippen molar-refractivity contribution in [2.75, 3.05) is 0 Å². The minimum atomic E-state index is -0.809. The van der Waals surface area contributed by atoms with Crippen molar-refractivity contribution in [1.82, 2.24) is 0 Å². The molecule has 1 rings (SSSR count). The number of Topliss-reactive ketones (excluding diaryl/α,β-unsaturated/α-hetero) is 1. The predicted molar refractivity (Wildman–Crippen MR) is 44.0 cm³/mol. The first-order valence-corrected chi connectivity index (χ1v) is 3.50. The zero-order valence-electron chi connectivity index (χ0n) is 6.40. The molecule has 0 spiro atoms. The van der Waals surface area contributed by atoms with E-state index >= 15 is 0 Å². The van der Waals surface area contributed by atoms with Crippen molar-refractivity contribution in [1.29, 1.82) is 5.26 Å². The van der Waals surface area contributed by atoms with Gasteiger partial charge < -0.3 is 5.73 Å². The number of benzene rings is 1. The lowest BCUT2D eigenvalue weighted by Gasteiger charge is -2.04. The lowest BCUT2D eigenvalue weighted by atomic mass is 10.1. The Balaban J connectivity index is 2.87. The van der Waals surface area contributed by atoms with Gasteiger partial charge in [0.2, 0.25) is 0 Å². The van der Waals surface area contributed by atoms with Gasteiger partial charge in [-0.25, -0.2) is 0 Å². The second-order valence-corrected chi connectivity index (χ2v) is 2.36.